The Bertz CT molecular complexity index is 1230. The Morgan fingerprint density at radius 2 is 2.03 bits per heavy atom. The third kappa shape index (κ3) is 3.67. The van der Waals surface area contributed by atoms with Gasteiger partial charge in [0.2, 0.25) is 5.91 Å². The van der Waals surface area contributed by atoms with E-state index in [-0.39, 0.29) is 5.82 Å². The van der Waals surface area contributed by atoms with Gasteiger partial charge in [-0.1, -0.05) is 47.5 Å². The van der Waals surface area contributed by atoms with Crippen molar-refractivity contribution < 1.29 is 9.18 Å². The van der Waals surface area contributed by atoms with Crippen molar-refractivity contribution in [3.63, 3.8) is 0 Å². The zero-order valence-electron chi connectivity index (χ0n) is 16.1. The second-order valence-electron chi connectivity index (χ2n) is 7.26. The van der Waals surface area contributed by atoms with Crippen LogP contribution in [0.4, 0.5) is 4.39 Å². The molecule has 0 aliphatic rings. The molecule has 0 aliphatic heterocycles. The third-order valence-electron chi connectivity index (χ3n) is 5.28. The summed E-state index contributed by atoms with van der Waals surface area (Å²) in [6.45, 7) is 2.51. The Labute approximate surface area is 177 Å². The van der Waals surface area contributed by atoms with Crippen LogP contribution in [0.15, 0.2) is 53.0 Å². The lowest BCUT2D eigenvalue weighted by atomic mass is 10.0. The number of nitrogens with zero attached hydrogens (tertiary/aromatic N) is 1. The average molecular weight is 452 g/mol. The van der Waals surface area contributed by atoms with Crippen molar-refractivity contribution in [3.8, 4) is 0 Å². The molecule has 0 unspecified atom stereocenters. The van der Waals surface area contributed by atoms with Gasteiger partial charge in [0.05, 0.1) is 17.6 Å². The predicted molar refractivity (Wildman–Crippen MR) is 119 cm³/mol. The summed E-state index contributed by atoms with van der Waals surface area (Å²) in [4.78, 5) is 12.1. The van der Waals surface area contributed by atoms with Crippen LogP contribution in [0.3, 0.4) is 0 Å². The molecule has 147 valence electrons. The molecule has 0 fully saturated rings. The first kappa shape index (κ1) is 19.6. The van der Waals surface area contributed by atoms with Crippen molar-refractivity contribution >= 4 is 43.6 Å². The maximum atomic E-state index is 14.6. The molecule has 1 amide bonds. The fourth-order valence-corrected chi connectivity index (χ4v) is 4.15. The first-order chi connectivity index (χ1) is 14.0. The minimum absolute atomic E-state index is 0.272. The first-order valence-electron chi connectivity index (χ1n) is 9.69. The number of aryl methyl sites for hydroxylation is 1. The van der Waals surface area contributed by atoms with Gasteiger partial charge >= 0.3 is 0 Å². The Morgan fingerprint density at radius 3 is 2.76 bits per heavy atom. The lowest BCUT2D eigenvalue weighted by Crippen LogP contribution is -2.11. The quantitative estimate of drug-likeness (QED) is 0.384. The molecule has 0 saturated carbocycles. The van der Waals surface area contributed by atoms with Gasteiger partial charge in [-0.15, -0.1) is 0 Å². The molecule has 4 rings (SSSR count). The van der Waals surface area contributed by atoms with E-state index in [0.717, 1.165) is 41.1 Å². The van der Waals surface area contributed by atoms with Crippen LogP contribution in [-0.4, -0.2) is 10.5 Å². The van der Waals surface area contributed by atoms with E-state index in [1.807, 2.05) is 24.3 Å². The Balaban J connectivity index is 1.98. The van der Waals surface area contributed by atoms with Crippen LogP contribution in [0.1, 0.15) is 41.3 Å². The summed E-state index contributed by atoms with van der Waals surface area (Å²) in [6, 6.07) is 18.0. The van der Waals surface area contributed by atoms with Gasteiger partial charge in [0.25, 0.3) is 0 Å². The fraction of sp³-hybridized carbons (Fsp3) is 0.208. The van der Waals surface area contributed by atoms with E-state index in [0.29, 0.717) is 22.1 Å². The summed E-state index contributed by atoms with van der Waals surface area (Å²) >= 11 is 3.31. The molecule has 3 nitrogen and oxygen atoms in total. The van der Waals surface area contributed by atoms with Crippen LogP contribution in [-0.2, 0) is 13.0 Å². The second kappa shape index (κ2) is 7.99. The summed E-state index contributed by atoms with van der Waals surface area (Å²) in [5.74, 6) is -0.750. The molecule has 1 heterocycles. The molecule has 5 heteroatoms. The number of primary amides is 1. The van der Waals surface area contributed by atoms with Crippen LogP contribution >= 0.6 is 15.9 Å². The monoisotopic (exact) mass is 451 g/mol. The normalized spacial score (nSPS) is 11.4. The standard InChI is InChI=1S/C24H21BrFN2O/c1-2-3-5-15-8-11-18-22(12-15)28(14-16-9-10-17(25)13-20(16)26)21-7-4-6-19(23(18)21)24(27)29/h4,6-10,12-13H,2-3,5,14H2,1H3,(H2,27,29). The van der Waals surface area contributed by atoms with Gasteiger partial charge < -0.3 is 10.3 Å². The summed E-state index contributed by atoms with van der Waals surface area (Å²) in [5.41, 5.74) is 9.64. The molecule has 0 aliphatic carbocycles. The minimum Gasteiger partial charge on any atom is -0.366 e. The van der Waals surface area contributed by atoms with Crippen LogP contribution < -0.4 is 5.73 Å². The molecule has 0 saturated heterocycles. The molecule has 3 aromatic carbocycles. The highest BCUT2D eigenvalue weighted by molar-refractivity contribution is 9.10. The highest BCUT2D eigenvalue weighted by Gasteiger charge is 2.18. The number of carbonyl (C=O) groups excluding carboxylic acids is 1. The van der Waals surface area contributed by atoms with E-state index in [9.17, 15) is 9.18 Å². The van der Waals surface area contributed by atoms with Crippen LogP contribution in [0.25, 0.3) is 21.8 Å². The molecule has 2 N–H and O–H groups in total. The fourth-order valence-electron chi connectivity index (χ4n) is 3.82. The Morgan fingerprint density at radius 1 is 1.21 bits per heavy atom. The number of hydrogen-bond acceptors (Lipinski definition) is 1. The molecule has 1 aromatic heterocycles. The number of aromatic nitrogens is 1. The summed E-state index contributed by atoms with van der Waals surface area (Å²) < 4.78 is 17.3. The van der Waals surface area contributed by atoms with Crippen molar-refractivity contribution in [3.05, 3.63) is 81.6 Å². The number of fused-ring (bicyclic) bond motifs is 3. The second-order valence-corrected chi connectivity index (χ2v) is 8.17. The largest absolute Gasteiger partial charge is 0.366 e. The number of benzene rings is 3. The zero-order valence-corrected chi connectivity index (χ0v) is 17.7. The number of carbonyl (C=O) groups is 1. The first-order valence-corrected chi connectivity index (χ1v) is 10.5. The summed E-state index contributed by atoms with van der Waals surface area (Å²) in [5, 5.41) is 1.61. The van der Waals surface area contributed by atoms with Gasteiger partial charge in [-0.2, -0.15) is 0 Å². The van der Waals surface area contributed by atoms with Gasteiger partial charge in [0.1, 0.15) is 5.82 Å². The van der Waals surface area contributed by atoms with E-state index < -0.39 is 5.91 Å². The third-order valence-corrected chi connectivity index (χ3v) is 5.78. The van der Waals surface area contributed by atoms with Crippen LogP contribution in [0.5, 0.6) is 0 Å². The highest BCUT2D eigenvalue weighted by atomic mass is 79.9. The number of amides is 1. The maximum absolute atomic E-state index is 14.6. The van der Waals surface area contributed by atoms with Gasteiger partial charge in [-0.05, 0) is 54.8 Å². The topological polar surface area (TPSA) is 48.0 Å². The molecule has 0 bridgehead atoms. The molecule has 29 heavy (non-hydrogen) atoms. The van der Waals surface area contributed by atoms with Crippen LogP contribution in [0.2, 0.25) is 0 Å². The van der Waals surface area contributed by atoms with Gasteiger partial charge in [-0.3, -0.25) is 4.79 Å². The smallest absolute Gasteiger partial charge is 0.249 e. The molecular weight excluding hydrogens is 431 g/mol. The van der Waals surface area contributed by atoms with Crippen molar-refractivity contribution in [2.45, 2.75) is 32.7 Å². The van der Waals surface area contributed by atoms with Crippen molar-refractivity contribution in [1.82, 2.24) is 4.57 Å². The van der Waals surface area contributed by atoms with Gasteiger partial charge in [-0.25, -0.2) is 4.39 Å². The van der Waals surface area contributed by atoms with E-state index >= 15 is 0 Å². The molecule has 0 spiro atoms. The van der Waals surface area contributed by atoms with Gasteiger partial charge in [0, 0.05) is 26.4 Å². The van der Waals surface area contributed by atoms with E-state index in [4.69, 9.17) is 5.73 Å². The SMILES string of the molecule is CCCCc1c[c]c2c3c(C(N)=O)cccc3n(Cc3ccc(Br)cc3F)c2c1. The number of hydrogen-bond donors (Lipinski definition) is 1. The molecule has 0 atom stereocenters. The van der Waals surface area contributed by atoms with E-state index in [2.05, 4.69) is 39.6 Å². The van der Waals surface area contributed by atoms with Crippen molar-refractivity contribution in [2.75, 3.05) is 0 Å². The Kier molecular flexibility index (Phi) is 5.41. The summed E-state index contributed by atoms with van der Waals surface area (Å²) in [7, 11) is 0. The lowest BCUT2D eigenvalue weighted by Gasteiger charge is -2.10. The number of nitrogens with two attached hydrogens (primary N) is 1. The maximum Gasteiger partial charge on any atom is 0.249 e. The minimum atomic E-state index is -0.479. The number of halogens is 2. The van der Waals surface area contributed by atoms with Crippen molar-refractivity contribution in [2.24, 2.45) is 5.73 Å². The summed E-state index contributed by atoms with van der Waals surface area (Å²) in [6.07, 6.45) is 3.16. The molecule has 4 aromatic rings. The lowest BCUT2D eigenvalue weighted by molar-refractivity contribution is 0.100. The Hall–Kier alpha value is -2.66. The van der Waals surface area contributed by atoms with Crippen molar-refractivity contribution in [1.29, 1.82) is 0 Å². The zero-order chi connectivity index (χ0) is 20.5. The van der Waals surface area contributed by atoms with Gasteiger partial charge in [0.15, 0.2) is 0 Å². The van der Waals surface area contributed by atoms with Crippen LogP contribution in [0, 0.1) is 11.9 Å². The van der Waals surface area contributed by atoms with E-state index in [1.54, 1.807) is 12.1 Å². The number of unbranched alkanes of at least 4 members (excludes halogenated alkanes) is 1. The number of rotatable bonds is 6. The highest BCUT2D eigenvalue weighted by Crippen LogP contribution is 2.33. The van der Waals surface area contributed by atoms with E-state index in [1.165, 1.54) is 11.6 Å². The molecular formula is C24H21BrFN2O. The predicted octanol–water partition coefficient (Wildman–Crippen LogP) is 5.99. The average Bonchev–Trinajstić information content (AvgIpc) is 3.01. The molecule has 1 radical (unpaired) electrons.